The summed E-state index contributed by atoms with van der Waals surface area (Å²) < 4.78 is 28.1. The summed E-state index contributed by atoms with van der Waals surface area (Å²) in [5.74, 6) is 4.10. The highest BCUT2D eigenvalue weighted by atomic mass is 19.2. The van der Waals surface area contributed by atoms with Gasteiger partial charge in [0.15, 0.2) is 11.6 Å². The zero-order valence-corrected chi connectivity index (χ0v) is 20.0. The molecule has 1 aromatic rings. The van der Waals surface area contributed by atoms with Crippen LogP contribution in [-0.4, -0.2) is 0 Å². The van der Waals surface area contributed by atoms with Crippen molar-refractivity contribution in [2.75, 3.05) is 0 Å². The third kappa shape index (κ3) is 6.32. The Bertz CT molecular complexity index is 687. The summed E-state index contributed by atoms with van der Waals surface area (Å²) in [5, 5.41) is 0. The topological polar surface area (TPSA) is 0 Å². The van der Waals surface area contributed by atoms with E-state index in [1.807, 2.05) is 0 Å². The molecule has 3 aliphatic rings. The summed E-state index contributed by atoms with van der Waals surface area (Å²) in [6, 6.07) is 3.52. The van der Waals surface area contributed by atoms with Crippen molar-refractivity contribution in [1.29, 1.82) is 0 Å². The standard InChI is InChI=1S/C29H44F2/c1-20-3-6-22(7-4-20)17-23-8-10-24(11-9-23)18-25-12-14-26(15-13-25)19-27-16-5-21(2)28(30)29(27)31/h5,16,20,22-26H,3-4,6-15,17-19H2,1-2H3. The first-order chi connectivity index (χ1) is 15.0. The van der Waals surface area contributed by atoms with Crippen molar-refractivity contribution in [3.8, 4) is 0 Å². The predicted molar refractivity (Wildman–Crippen MR) is 126 cm³/mol. The van der Waals surface area contributed by atoms with Crippen LogP contribution < -0.4 is 0 Å². The SMILES string of the molecule is Cc1ccc(CC2CCC(CC3CCC(CC4CCC(C)CC4)CC3)CC2)c(F)c1F. The highest BCUT2D eigenvalue weighted by Crippen LogP contribution is 2.42. The summed E-state index contributed by atoms with van der Waals surface area (Å²) in [6.07, 6.45) is 20.4. The largest absolute Gasteiger partial charge is 0.203 e. The molecular weight excluding hydrogens is 386 g/mol. The van der Waals surface area contributed by atoms with E-state index in [-0.39, 0.29) is 0 Å². The van der Waals surface area contributed by atoms with E-state index in [1.165, 1.54) is 89.9 Å². The molecule has 0 atom stereocenters. The molecule has 0 aromatic heterocycles. The van der Waals surface area contributed by atoms with E-state index in [1.54, 1.807) is 19.1 Å². The Kier molecular flexibility index (Phi) is 8.10. The van der Waals surface area contributed by atoms with E-state index in [0.717, 1.165) is 29.6 Å². The zero-order chi connectivity index (χ0) is 21.8. The van der Waals surface area contributed by atoms with Crippen LogP contribution in [0.1, 0.15) is 108 Å². The van der Waals surface area contributed by atoms with Gasteiger partial charge in [0.05, 0.1) is 0 Å². The van der Waals surface area contributed by atoms with E-state index in [4.69, 9.17) is 0 Å². The molecule has 174 valence electrons. The van der Waals surface area contributed by atoms with Crippen LogP contribution in [0.3, 0.4) is 0 Å². The maximum atomic E-state index is 14.2. The van der Waals surface area contributed by atoms with Gasteiger partial charge in [-0.1, -0.05) is 83.3 Å². The maximum Gasteiger partial charge on any atom is 0.162 e. The Morgan fingerprint density at radius 1 is 0.613 bits per heavy atom. The minimum Gasteiger partial charge on any atom is -0.203 e. The Morgan fingerprint density at radius 3 is 1.52 bits per heavy atom. The van der Waals surface area contributed by atoms with Crippen LogP contribution in [0.25, 0.3) is 0 Å². The Hall–Kier alpha value is -0.920. The molecule has 0 saturated heterocycles. The first-order valence-electron chi connectivity index (χ1n) is 13.4. The van der Waals surface area contributed by atoms with Gasteiger partial charge in [-0.15, -0.1) is 0 Å². The van der Waals surface area contributed by atoms with Gasteiger partial charge in [-0.3, -0.25) is 0 Å². The van der Waals surface area contributed by atoms with Crippen LogP contribution in [0.2, 0.25) is 0 Å². The summed E-state index contributed by atoms with van der Waals surface area (Å²) in [6.45, 7) is 4.06. The lowest BCUT2D eigenvalue weighted by molar-refractivity contribution is 0.166. The van der Waals surface area contributed by atoms with Gasteiger partial charge in [0.1, 0.15) is 0 Å². The van der Waals surface area contributed by atoms with E-state index in [0.29, 0.717) is 23.5 Å². The number of benzene rings is 1. The summed E-state index contributed by atoms with van der Waals surface area (Å²) in [5.41, 5.74) is 0.991. The molecule has 0 N–H and O–H groups in total. The molecule has 0 radical (unpaired) electrons. The monoisotopic (exact) mass is 430 g/mol. The van der Waals surface area contributed by atoms with Crippen LogP contribution >= 0.6 is 0 Å². The maximum absolute atomic E-state index is 14.2. The molecule has 0 aliphatic heterocycles. The van der Waals surface area contributed by atoms with Gasteiger partial charge in [-0.2, -0.15) is 0 Å². The molecule has 3 aliphatic carbocycles. The van der Waals surface area contributed by atoms with Crippen LogP contribution in [-0.2, 0) is 6.42 Å². The van der Waals surface area contributed by atoms with Gasteiger partial charge in [0.25, 0.3) is 0 Å². The van der Waals surface area contributed by atoms with Gasteiger partial charge < -0.3 is 0 Å². The molecular formula is C29H44F2. The third-order valence-electron chi connectivity index (χ3n) is 9.27. The summed E-state index contributed by atoms with van der Waals surface area (Å²) >= 11 is 0. The van der Waals surface area contributed by atoms with Crippen LogP contribution in [0.4, 0.5) is 8.78 Å². The van der Waals surface area contributed by atoms with Crippen molar-refractivity contribution < 1.29 is 8.78 Å². The van der Waals surface area contributed by atoms with Gasteiger partial charge >= 0.3 is 0 Å². The average molecular weight is 431 g/mol. The second kappa shape index (κ2) is 10.8. The minimum absolute atomic E-state index is 0.410. The van der Waals surface area contributed by atoms with Crippen molar-refractivity contribution in [2.45, 2.75) is 110 Å². The molecule has 0 amide bonds. The lowest BCUT2D eigenvalue weighted by Crippen LogP contribution is -2.23. The molecule has 3 fully saturated rings. The van der Waals surface area contributed by atoms with Gasteiger partial charge in [0.2, 0.25) is 0 Å². The molecule has 0 spiro atoms. The van der Waals surface area contributed by atoms with Crippen molar-refractivity contribution >= 4 is 0 Å². The van der Waals surface area contributed by atoms with Gasteiger partial charge in [-0.25, -0.2) is 8.78 Å². The highest BCUT2D eigenvalue weighted by Gasteiger charge is 2.29. The fraction of sp³-hybridized carbons (Fsp3) is 0.793. The lowest BCUT2D eigenvalue weighted by atomic mass is 9.70. The molecule has 4 rings (SSSR count). The quantitative estimate of drug-likeness (QED) is 0.422. The van der Waals surface area contributed by atoms with E-state index in [2.05, 4.69) is 6.92 Å². The first kappa shape index (κ1) is 23.2. The Balaban J connectivity index is 1.14. The number of halogens is 2. The molecule has 3 saturated carbocycles. The summed E-state index contributed by atoms with van der Waals surface area (Å²) in [7, 11) is 0. The van der Waals surface area contributed by atoms with Crippen LogP contribution in [0.5, 0.6) is 0 Å². The number of aryl methyl sites for hydroxylation is 1. The normalized spacial score (nSPS) is 34.6. The van der Waals surface area contributed by atoms with Crippen molar-refractivity contribution in [3.05, 3.63) is 34.9 Å². The smallest absolute Gasteiger partial charge is 0.162 e. The molecule has 0 nitrogen and oxygen atoms in total. The van der Waals surface area contributed by atoms with Crippen molar-refractivity contribution in [1.82, 2.24) is 0 Å². The third-order valence-corrected chi connectivity index (χ3v) is 9.27. The number of hydrogen-bond donors (Lipinski definition) is 0. The molecule has 0 bridgehead atoms. The van der Waals surface area contributed by atoms with E-state index in [9.17, 15) is 8.78 Å². The molecule has 31 heavy (non-hydrogen) atoms. The second-order valence-electron chi connectivity index (χ2n) is 11.7. The van der Waals surface area contributed by atoms with Crippen molar-refractivity contribution in [2.24, 2.45) is 35.5 Å². The Labute approximate surface area is 189 Å². The van der Waals surface area contributed by atoms with Gasteiger partial charge in [-0.05, 0) is 85.7 Å². The average Bonchev–Trinajstić information content (AvgIpc) is 2.78. The zero-order valence-electron chi connectivity index (χ0n) is 20.0. The van der Waals surface area contributed by atoms with Crippen LogP contribution in [0, 0.1) is 54.1 Å². The predicted octanol–water partition coefficient (Wildman–Crippen LogP) is 9.04. The molecule has 0 unspecified atom stereocenters. The molecule has 1 aromatic carbocycles. The number of hydrogen-bond acceptors (Lipinski definition) is 0. The molecule has 2 heteroatoms. The molecule has 0 heterocycles. The highest BCUT2D eigenvalue weighted by molar-refractivity contribution is 5.25. The lowest BCUT2D eigenvalue weighted by Gasteiger charge is -2.36. The first-order valence-corrected chi connectivity index (χ1v) is 13.4. The summed E-state index contributed by atoms with van der Waals surface area (Å²) in [4.78, 5) is 0. The Morgan fingerprint density at radius 2 is 1.03 bits per heavy atom. The number of rotatable bonds is 6. The fourth-order valence-corrected chi connectivity index (χ4v) is 7.04. The fourth-order valence-electron chi connectivity index (χ4n) is 7.04. The minimum atomic E-state index is -0.653. The van der Waals surface area contributed by atoms with Crippen molar-refractivity contribution in [3.63, 3.8) is 0 Å². The van der Waals surface area contributed by atoms with Crippen LogP contribution in [0.15, 0.2) is 12.1 Å². The van der Waals surface area contributed by atoms with E-state index >= 15 is 0 Å². The van der Waals surface area contributed by atoms with Gasteiger partial charge in [0, 0.05) is 0 Å². The van der Waals surface area contributed by atoms with E-state index < -0.39 is 11.6 Å². The second-order valence-corrected chi connectivity index (χ2v) is 11.7.